The molecule has 1 aliphatic carbocycles. The highest BCUT2D eigenvalue weighted by Gasteiger charge is 2.29. The molecular formula is C13H21NO2. The lowest BCUT2D eigenvalue weighted by Crippen LogP contribution is -2.33. The van der Waals surface area contributed by atoms with Crippen LogP contribution in [0.25, 0.3) is 0 Å². The Labute approximate surface area is 97.5 Å². The first-order chi connectivity index (χ1) is 7.72. The predicted molar refractivity (Wildman–Crippen MR) is 63.1 cm³/mol. The Morgan fingerprint density at radius 2 is 2.06 bits per heavy atom. The van der Waals surface area contributed by atoms with Crippen LogP contribution in [0.3, 0.4) is 0 Å². The number of nitrogens with zero attached hydrogens (tertiary/aromatic N) is 1. The van der Waals surface area contributed by atoms with E-state index in [1.54, 1.807) is 0 Å². The Morgan fingerprint density at radius 1 is 1.38 bits per heavy atom. The van der Waals surface area contributed by atoms with E-state index >= 15 is 0 Å². The van der Waals surface area contributed by atoms with Crippen molar-refractivity contribution in [2.75, 3.05) is 27.2 Å². The van der Waals surface area contributed by atoms with Gasteiger partial charge in [-0.05, 0) is 32.2 Å². The monoisotopic (exact) mass is 223 g/mol. The van der Waals surface area contributed by atoms with Crippen LogP contribution in [0, 0.1) is 5.92 Å². The zero-order chi connectivity index (χ0) is 11.5. The number of methoxy groups -OCH3 is 1. The molecular weight excluding hydrogens is 202 g/mol. The molecule has 3 nitrogen and oxygen atoms in total. The van der Waals surface area contributed by atoms with Gasteiger partial charge in [-0.3, -0.25) is 0 Å². The summed E-state index contributed by atoms with van der Waals surface area (Å²) in [6.07, 6.45) is 6.21. The van der Waals surface area contributed by atoms with Crippen molar-refractivity contribution >= 4 is 5.97 Å². The second-order valence-electron chi connectivity index (χ2n) is 4.96. The largest absolute Gasteiger partial charge is 0.466 e. The molecule has 0 N–H and O–H groups in total. The fourth-order valence-electron chi connectivity index (χ4n) is 2.96. The van der Waals surface area contributed by atoms with Crippen molar-refractivity contribution in [1.82, 2.24) is 4.90 Å². The second kappa shape index (κ2) is 5.00. The number of likely N-dealkylation sites (N-methyl/N-ethyl adjacent to an activating group) is 1. The highest BCUT2D eigenvalue weighted by atomic mass is 16.5. The molecule has 3 heteroatoms. The van der Waals surface area contributed by atoms with E-state index in [4.69, 9.17) is 4.74 Å². The lowest BCUT2D eigenvalue weighted by atomic mass is 9.87. The van der Waals surface area contributed by atoms with Crippen LogP contribution >= 0.6 is 0 Å². The van der Waals surface area contributed by atoms with E-state index < -0.39 is 0 Å². The van der Waals surface area contributed by atoms with Gasteiger partial charge in [0.05, 0.1) is 12.7 Å². The van der Waals surface area contributed by atoms with Crippen molar-refractivity contribution < 1.29 is 9.53 Å². The van der Waals surface area contributed by atoms with Crippen molar-refractivity contribution in [3.05, 3.63) is 11.1 Å². The standard InChI is InChI=1S/C13H21NO2/c1-14-8-7-11(10-5-3-4-6-10)12(9-14)13(15)16-2/h10H,3-9H2,1-2H3. The Bertz CT molecular complexity index is 303. The minimum atomic E-state index is -0.117. The molecule has 0 unspecified atom stereocenters. The average Bonchev–Trinajstić information content (AvgIpc) is 2.81. The van der Waals surface area contributed by atoms with Crippen LogP contribution in [0.1, 0.15) is 32.1 Å². The first-order valence-electron chi connectivity index (χ1n) is 6.21. The molecule has 16 heavy (non-hydrogen) atoms. The number of hydrogen-bond acceptors (Lipinski definition) is 3. The van der Waals surface area contributed by atoms with Crippen LogP contribution in [0.4, 0.5) is 0 Å². The zero-order valence-corrected chi connectivity index (χ0v) is 10.3. The third-order valence-corrected chi connectivity index (χ3v) is 3.86. The van der Waals surface area contributed by atoms with Gasteiger partial charge in [0.1, 0.15) is 0 Å². The highest BCUT2D eigenvalue weighted by Crippen LogP contribution is 2.36. The van der Waals surface area contributed by atoms with Gasteiger partial charge in [-0.1, -0.05) is 18.4 Å². The zero-order valence-electron chi connectivity index (χ0n) is 10.3. The van der Waals surface area contributed by atoms with Crippen molar-refractivity contribution in [1.29, 1.82) is 0 Å². The number of rotatable bonds is 2. The van der Waals surface area contributed by atoms with Gasteiger partial charge >= 0.3 is 5.97 Å². The van der Waals surface area contributed by atoms with Crippen molar-refractivity contribution in [2.45, 2.75) is 32.1 Å². The van der Waals surface area contributed by atoms with Crippen LogP contribution in [0.2, 0.25) is 0 Å². The molecule has 0 spiro atoms. The lowest BCUT2D eigenvalue weighted by Gasteiger charge is -2.29. The molecule has 0 aromatic rings. The first kappa shape index (κ1) is 11.6. The summed E-state index contributed by atoms with van der Waals surface area (Å²) in [5, 5.41) is 0. The Kier molecular flexibility index (Phi) is 3.64. The molecule has 1 fully saturated rings. The van der Waals surface area contributed by atoms with E-state index in [-0.39, 0.29) is 5.97 Å². The third-order valence-electron chi connectivity index (χ3n) is 3.86. The number of carbonyl (C=O) groups excluding carboxylic acids is 1. The summed E-state index contributed by atoms with van der Waals surface area (Å²) < 4.78 is 4.90. The molecule has 0 atom stereocenters. The summed E-state index contributed by atoms with van der Waals surface area (Å²) in [7, 11) is 3.55. The lowest BCUT2D eigenvalue weighted by molar-refractivity contribution is -0.136. The number of hydrogen-bond donors (Lipinski definition) is 0. The number of esters is 1. The molecule has 0 saturated heterocycles. The Hall–Kier alpha value is -0.830. The quantitative estimate of drug-likeness (QED) is 0.670. The molecule has 1 aliphatic heterocycles. The molecule has 0 aromatic heterocycles. The van der Waals surface area contributed by atoms with Gasteiger partial charge in [-0.2, -0.15) is 0 Å². The highest BCUT2D eigenvalue weighted by molar-refractivity contribution is 5.90. The minimum Gasteiger partial charge on any atom is -0.466 e. The van der Waals surface area contributed by atoms with Crippen molar-refractivity contribution in [2.24, 2.45) is 5.92 Å². The maximum absolute atomic E-state index is 11.8. The second-order valence-corrected chi connectivity index (χ2v) is 4.96. The van der Waals surface area contributed by atoms with Gasteiger partial charge in [-0.25, -0.2) is 4.79 Å². The fourth-order valence-corrected chi connectivity index (χ4v) is 2.96. The van der Waals surface area contributed by atoms with E-state index in [0.717, 1.165) is 25.1 Å². The van der Waals surface area contributed by atoms with Crippen LogP contribution in [0.5, 0.6) is 0 Å². The summed E-state index contributed by atoms with van der Waals surface area (Å²) in [5.41, 5.74) is 2.32. The molecule has 2 rings (SSSR count). The van der Waals surface area contributed by atoms with Gasteiger partial charge in [0.2, 0.25) is 0 Å². The van der Waals surface area contributed by atoms with Crippen LogP contribution < -0.4 is 0 Å². The van der Waals surface area contributed by atoms with Gasteiger partial charge in [0, 0.05) is 13.1 Å². The van der Waals surface area contributed by atoms with Crippen LogP contribution in [-0.2, 0) is 9.53 Å². The minimum absolute atomic E-state index is 0.117. The third kappa shape index (κ3) is 2.29. The Balaban J connectivity index is 2.23. The molecule has 90 valence electrons. The number of ether oxygens (including phenoxy) is 1. The summed E-state index contributed by atoms with van der Waals surface area (Å²) in [5.74, 6) is 0.538. The van der Waals surface area contributed by atoms with Gasteiger partial charge < -0.3 is 9.64 Å². The van der Waals surface area contributed by atoms with Gasteiger partial charge in [0.15, 0.2) is 0 Å². The topological polar surface area (TPSA) is 29.5 Å². The van der Waals surface area contributed by atoms with E-state index in [0.29, 0.717) is 5.92 Å². The van der Waals surface area contributed by atoms with E-state index in [9.17, 15) is 4.79 Å². The molecule has 1 saturated carbocycles. The van der Waals surface area contributed by atoms with Crippen molar-refractivity contribution in [3.63, 3.8) is 0 Å². The first-order valence-corrected chi connectivity index (χ1v) is 6.21. The normalized spacial score (nSPS) is 23.9. The smallest absolute Gasteiger partial charge is 0.335 e. The molecule has 0 radical (unpaired) electrons. The molecule has 2 aliphatic rings. The summed E-state index contributed by atoms with van der Waals surface area (Å²) in [4.78, 5) is 14.0. The van der Waals surface area contributed by atoms with Gasteiger partial charge in [0.25, 0.3) is 0 Å². The van der Waals surface area contributed by atoms with Crippen molar-refractivity contribution in [3.8, 4) is 0 Å². The summed E-state index contributed by atoms with van der Waals surface area (Å²) >= 11 is 0. The average molecular weight is 223 g/mol. The molecule has 0 amide bonds. The van der Waals surface area contributed by atoms with Crippen LogP contribution in [0.15, 0.2) is 11.1 Å². The van der Waals surface area contributed by atoms with Crippen LogP contribution in [-0.4, -0.2) is 38.1 Å². The maximum atomic E-state index is 11.8. The molecule has 0 aromatic carbocycles. The van der Waals surface area contributed by atoms with E-state index in [1.165, 1.54) is 38.4 Å². The SMILES string of the molecule is COC(=O)C1=C(C2CCCC2)CCN(C)C1. The Morgan fingerprint density at radius 3 is 2.69 bits per heavy atom. The fraction of sp³-hybridized carbons (Fsp3) is 0.769. The molecule has 0 bridgehead atoms. The summed E-state index contributed by atoms with van der Waals surface area (Å²) in [6, 6.07) is 0. The predicted octanol–water partition coefficient (Wildman–Crippen LogP) is 1.98. The maximum Gasteiger partial charge on any atom is 0.335 e. The van der Waals surface area contributed by atoms with E-state index in [1.807, 2.05) is 0 Å². The van der Waals surface area contributed by atoms with E-state index in [2.05, 4.69) is 11.9 Å². The van der Waals surface area contributed by atoms with Gasteiger partial charge in [-0.15, -0.1) is 0 Å². The number of carbonyl (C=O) groups is 1. The molecule has 1 heterocycles. The summed E-state index contributed by atoms with van der Waals surface area (Å²) in [6.45, 7) is 1.84.